The summed E-state index contributed by atoms with van der Waals surface area (Å²) in [5.41, 5.74) is 10.6. The van der Waals surface area contributed by atoms with Crippen LogP contribution in [0, 0.1) is 10.1 Å². The minimum absolute atomic E-state index is 0.0129. The fourth-order valence-corrected chi connectivity index (χ4v) is 15.9. The molecule has 15 rings (SSSR count). The Hall–Kier alpha value is -11.8. The largest absolute Gasteiger partial charge is 0.466 e. The molecule has 9 aromatic heterocycles. The smallest absolute Gasteiger partial charge is 0.351 e. The number of methoxy groups -OCH3 is 2. The second-order valence-electron chi connectivity index (χ2n) is 30.6. The number of H-pyrrole nitrogens is 3. The van der Waals surface area contributed by atoms with E-state index >= 15 is 4.39 Å². The van der Waals surface area contributed by atoms with Crippen LogP contribution < -0.4 is 68.0 Å². The average Bonchev–Trinajstić information content (AvgIpc) is 1.68. The number of hydrogen-bond acceptors (Lipinski definition) is 42. The van der Waals surface area contributed by atoms with Crippen LogP contribution >= 0.6 is 31.1 Å². The van der Waals surface area contributed by atoms with Crippen molar-refractivity contribution in [3.05, 3.63) is 213 Å². The van der Waals surface area contributed by atoms with Crippen molar-refractivity contribution in [3.8, 4) is 0 Å². The summed E-state index contributed by atoms with van der Waals surface area (Å²) in [7, 11) is 5.81. The van der Waals surface area contributed by atoms with Gasteiger partial charge in [-0.15, -0.1) is 0 Å². The summed E-state index contributed by atoms with van der Waals surface area (Å²) in [6.45, 7) is 15.4. The van der Waals surface area contributed by atoms with Crippen molar-refractivity contribution in [1.82, 2.24) is 76.9 Å². The van der Waals surface area contributed by atoms with Gasteiger partial charge in [0.25, 0.3) is 8.53 Å². The molecule has 6 fully saturated rings. The lowest BCUT2D eigenvalue weighted by Gasteiger charge is -2.37. The summed E-state index contributed by atoms with van der Waals surface area (Å²) in [6, 6.07) is 9.46. The van der Waals surface area contributed by atoms with Crippen LogP contribution in [0.4, 0.5) is 43.8 Å². The SMILES string of the molecule is C=CC(=O)OC.COC(=O)/C=C/c1cn(C2OC(CO)C(O)C2F)c(=O)nc1N.Nc1ccn(C2OC(CO)C(O)C2F)c(=O)n1.Nc1nc(=O)n(C2OC(CO)C(O)C2F)cc1I.O=c1ccc2cn(C3OC(CO)C(O)C3F)c(=O)nc2[nH]1.[2H]C.[2H]CC1OC(n2cc3ccc(=O)[nH]c3nc2=O)C(F)C1O.[2H]CC1OC(n2cc3ccc(=O)[nH]c3nc2=O)C(F)C1OP(OCC[N+]#[C-])N(C(C)C)C(C)C.[3H]C.[3H]OC.[3H]OC. The Morgan fingerprint density at radius 3 is 1.23 bits per heavy atom. The summed E-state index contributed by atoms with van der Waals surface area (Å²) < 4.78 is 183. The van der Waals surface area contributed by atoms with Gasteiger partial charge in [-0.05, 0) is 94.4 Å². The molecular weight excluding hydrogens is 2070 g/mol. The third kappa shape index (κ3) is 30.2. The van der Waals surface area contributed by atoms with Gasteiger partial charge in [-0.25, -0.2) is 75.9 Å². The number of aliphatic hydroxyl groups excluding tert-OH is 11. The molecule has 0 radical (unpaired) electrons. The Morgan fingerprint density at radius 1 is 0.549 bits per heavy atom. The highest BCUT2D eigenvalue weighted by Gasteiger charge is 2.52. The maximum Gasteiger partial charge on any atom is 0.351 e. The molecule has 0 bridgehead atoms. The summed E-state index contributed by atoms with van der Waals surface area (Å²) >= 11 is 1.84. The number of halogens is 7. The van der Waals surface area contributed by atoms with E-state index in [1.165, 1.54) is 123 Å². The average molecular weight is 2200 g/mol. The zero-order valence-corrected chi connectivity index (χ0v) is 81.2. The maximum atomic E-state index is 15.7. The molecule has 0 amide bonds. The molecular formula is C84H114F6IN20O32P. The number of nitrogens with two attached hydrogens (primary N) is 3. The first-order valence-electron chi connectivity index (χ1n) is 45.9. The molecule has 0 aliphatic carbocycles. The molecule has 6 saturated heterocycles. The topological polar surface area (TPSA) is 743 Å². The molecule has 52 nitrogen and oxygen atoms in total. The number of nitrogens with zero attached hydrogens (tertiary/aromatic N) is 14. The Labute approximate surface area is 834 Å². The van der Waals surface area contributed by atoms with Crippen LogP contribution in [0.25, 0.3) is 44.0 Å². The Kier molecular flexibility index (Phi) is 44.2. The van der Waals surface area contributed by atoms with Crippen molar-refractivity contribution in [2.45, 2.75) is 216 Å². The highest BCUT2D eigenvalue weighted by atomic mass is 127. The van der Waals surface area contributed by atoms with Crippen LogP contribution in [0.2, 0.25) is 0 Å². The van der Waals surface area contributed by atoms with Crippen LogP contribution in [0.5, 0.6) is 0 Å². The molecule has 60 heteroatoms. The number of hydrogen-bond donors (Lipinski definition) is 17. The van der Waals surface area contributed by atoms with Crippen molar-refractivity contribution < 1.29 is 145 Å². The molecule has 15 heterocycles. The van der Waals surface area contributed by atoms with Gasteiger partial charge >= 0.3 is 46.1 Å². The number of pyridine rings is 3. The number of anilines is 3. The lowest BCUT2D eigenvalue weighted by molar-refractivity contribution is -0.135. The van der Waals surface area contributed by atoms with Gasteiger partial charge in [0.2, 0.25) is 26.1 Å². The predicted octanol–water partition coefficient (Wildman–Crippen LogP) is -1.75. The lowest BCUT2D eigenvalue weighted by atomic mass is 10.1. The number of carbonyl (C=O) groups is 2. The first-order valence-corrected chi connectivity index (χ1v) is 43.9. The summed E-state index contributed by atoms with van der Waals surface area (Å²) in [5.74, 6) is -1.16. The Bertz CT molecular complexity index is 6380. The number of nitrogen functional groups attached to an aromatic ring is 3. The standard InChI is InChI=1S/C21H29FN5O5P.C13H16FN3O6.C12H12FN3O5.C12H12FN3O4.C9H11FIN3O4.C9H12FN3O4.C4H6O2.2CH4O.2CH4/c1-12(2)27(13(3)4)33(30-10-9-23-6)32-18-14(5)31-20(17(18)22)26-11-15-7-8-16(28)24-19(15)25-21(26)29;1-22-8(19)3-2-6-4-17(13(21)16-11(6)15)12-9(14)10(20)7(5-18)23-12;13-8-9(19)6(4-17)21-11(8)16-3-5-1-2-7(18)14-10(5)15-12(16)20;1-5-9(18)8(13)11(20-5)16-4-6-2-3-7(17)14-10(6)15-12(16)19;10-5-6(16)4(2-15)18-8(5)14-1-3(11)7(12)13-9(14)17;10-6-7(15)4(3-14)17-8(6)13-2-1-5(11)12-9(13)16;1-3-4(5)6-2;2*1-2;;/h7-8,11-14,17-18,20H,9-10H2,1-5H3,(H,24,25,28,29);2-4,7,9-10,12,18,20H,5H2,1H3,(H2,15,16,21);1-3,6,8-9,11,17,19H,4H2,(H,14,15,18,20);2-5,8-9,11,18H,1H3,(H,14,15,17,19);1,4-6,8,15-16H,2H2,(H2,12,13,17);1-2,4,6-8,14-15H,3H2,(H2,11,12,16);3H,1H2,2H3;2*2H,1H3;2*1H4/b;3-2+;;;;;;;;;/i5D;;;1D;;;;2*2T;1T;1D. The van der Waals surface area contributed by atoms with Gasteiger partial charge in [-0.3, -0.25) is 41.8 Å². The Morgan fingerprint density at radius 2 is 0.889 bits per heavy atom. The minimum Gasteiger partial charge on any atom is -0.466 e. The fraction of sp³-hybridized carbons (Fsp3) is 0.524. The van der Waals surface area contributed by atoms with Gasteiger partial charge in [0.1, 0.15) is 102 Å². The molecule has 6 aliphatic heterocycles. The van der Waals surface area contributed by atoms with Crippen LogP contribution in [-0.4, -0.2) is 338 Å². The zero-order chi connectivity index (χ0) is 113. The van der Waals surface area contributed by atoms with Gasteiger partial charge in [-0.2, -0.15) is 29.9 Å². The second kappa shape index (κ2) is 56.6. The fourth-order valence-electron chi connectivity index (χ4n) is 13.7. The number of fused-ring (bicyclic) bond motifs is 3. The highest BCUT2D eigenvalue weighted by molar-refractivity contribution is 14.1. The number of nitrogens with one attached hydrogen (secondary N) is 3. The predicted molar refractivity (Wildman–Crippen MR) is 508 cm³/mol. The second-order valence-corrected chi connectivity index (χ2v) is 33.1. The highest BCUT2D eigenvalue weighted by Crippen LogP contribution is 2.51. The molecule has 0 saturated carbocycles. The first-order chi connectivity index (χ1) is 71.2. The maximum absolute atomic E-state index is 15.7. The van der Waals surface area contributed by atoms with Crippen LogP contribution in [0.15, 0.2) is 142 Å². The van der Waals surface area contributed by atoms with E-state index in [1.807, 2.05) is 55.0 Å². The van der Waals surface area contributed by atoms with E-state index in [4.69, 9.17) is 90.0 Å². The third-order valence-corrected chi connectivity index (χ3v) is 23.6. The number of alkyl halides is 6. The first kappa shape index (κ1) is 112. The number of aliphatic hydroxyl groups is 11. The lowest BCUT2D eigenvalue weighted by Crippen LogP contribution is -2.38. The number of rotatable bonds is 21. The summed E-state index contributed by atoms with van der Waals surface area (Å²) in [4.78, 5) is 158. The Balaban J connectivity index is 0.000000311. The molecule has 0 spiro atoms. The van der Waals surface area contributed by atoms with E-state index in [1.54, 1.807) is 0 Å². The van der Waals surface area contributed by atoms with Gasteiger partial charge in [0.15, 0.2) is 74.4 Å². The molecule has 25 unspecified atom stereocenters. The summed E-state index contributed by atoms with van der Waals surface area (Å²) in [6.07, 6.45) is -23.2. The minimum atomic E-state index is -1.94. The van der Waals surface area contributed by atoms with Gasteiger partial charge in [-0.1, -0.05) is 21.4 Å². The van der Waals surface area contributed by atoms with Crippen molar-refractivity contribution in [2.75, 3.05) is 85.2 Å². The van der Waals surface area contributed by atoms with Crippen LogP contribution in [-0.2, 0) is 56.5 Å². The van der Waals surface area contributed by atoms with E-state index in [0.717, 1.165) is 45.8 Å². The van der Waals surface area contributed by atoms with Crippen molar-refractivity contribution in [1.29, 1.82) is 2.86 Å². The molecule has 9 aromatic rings. The normalized spacial score (nSPS) is 27.0. The monoisotopic (exact) mass is 2200 g/mol. The van der Waals surface area contributed by atoms with Gasteiger partial charge < -0.3 is 140 Å². The van der Waals surface area contributed by atoms with E-state index in [-0.39, 0.29) is 79.0 Å². The van der Waals surface area contributed by atoms with E-state index < -0.39 is 245 Å². The molecule has 25 atom stereocenters. The zero-order valence-electron chi connectivity index (χ0n) is 84.1. The quantitative estimate of drug-likeness (QED) is 0.00721. The number of ether oxygens (including phenoxy) is 8. The van der Waals surface area contributed by atoms with Crippen LogP contribution in [0.3, 0.4) is 0 Å². The molecule has 6 aliphatic rings. The van der Waals surface area contributed by atoms with Crippen molar-refractivity contribution >= 4 is 99.7 Å². The molecule has 20 N–H and O–H groups in total. The van der Waals surface area contributed by atoms with Crippen molar-refractivity contribution in [2.24, 2.45) is 0 Å². The number of esters is 2. The van der Waals surface area contributed by atoms with E-state index in [2.05, 4.69) is 76.0 Å². The number of aromatic amines is 3. The summed E-state index contributed by atoms with van der Waals surface area (Å²) in [5, 5.41) is 91.8. The van der Waals surface area contributed by atoms with Gasteiger partial charge in [0, 0.05) is 121 Å². The molecule has 0 aromatic carbocycles. The number of carbonyl (C=O) groups excluding carboxylic acids is 2. The van der Waals surface area contributed by atoms with Gasteiger partial charge in [0.05, 0.1) is 56.4 Å². The number of aromatic nitrogens is 15. The van der Waals surface area contributed by atoms with E-state index in [9.17, 15) is 100 Å². The molecule has 144 heavy (non-hydrogen) atoms. The molecule has 796 valence electrons. The van der Waals surface area contributed by atoms with Crippen LogP contribution in [0.1, 0.15) is 105 Å². The third-order valence-electron chi connectivity index (χ3n) is 20.6. The van der Waals surface area contributed by atoms with Crippen molar-refractivity contribution in [3.63, 3.8) is 0 Å². The van der Waals surface area contributed by atoms with E-state index in [0.29, 0.717) is 19.7 Å².